The van der Waals surface area contributed by atoms with E-state index in [2.05, 4.69) is 17.4 Å². The minimum atomic E-state index is -0.0108. The molecule has 0 radical (unpaired) electrons. The van der Waals surface area contributed by atoms with Gasteiger partial charge in [-0.1, -0.05) is 0 Å². The molecule has 7 heavy (non-hydrogen) atoms. The molecule has 0 saturated carbocycles. The first-order valence-corrected chi connectivity index (χ1v) is 2.49. The highest BCUT2D eigenvalue weighted by molar-refractivity contribution is 7.84. The molecule has 0 saturated heterocycles. The summed E-state index contributed by atoms with van der Waals surface area (Å²) in [6, 6.07) is 0. The van der Waals surface area contributed by atoms with Crippen LogP contribution in [0, 0.1) is 0 Å². The van der Waals surface area contributed by atoms with Crippen LogP contribution in [0.1, 0.15) is 6.42 Å². The van der Waals surface area contributed by atoms with E-state index in [0.29, 0.717) is 11.5 Å². The van der Waals surface area contributed by atoms with Gasteiger partial charge in [0.2, 0.25) is 0 Å². The van der Waals surface area contributed by atoms with Gasteiger partial charge in [0, 0.05) is 6.42 Å². The molecule has 1 aliphatic rings. The third-order valence-corrected chi connectivity index (χ3v) is 1.24. The molecule has 0 aromatic heterocycles. The molecule has 0 bridgehead atoms. The molecule has 0 amide bonds. The molecule has 0 aliphatic carbocycles. The minimum absolute atomic E-state index is 0.0108. The van der Waals surface area contributed by atoms with Gasteiger partial charge in [0.05, 0.1) is 11.5 Å². The first kappa shape index (κ1) is 4.84. The third kappa shape index (κ3) is 0.825. The second-order valence-electron chi connectivity index (χ2n) is 1.35. The number of hydrogen-bond donors (Lipinski definition) is 2. The average Bonchev–Trinajstić information content (AvgIpc) is 1.91. The predicted octanol–water partition coefficient (Wildman–Crippen LogP) is 1.06. The number of rotatable bonds is 0. The van der Waals surface area contributed by atoms with Gasteiger partial charge in [0.1, 0.15) is 0 Å². The van der Waals surface area contributed by atoms with Gasteiger partial charge in [-0.3, -0.25) is 0 Å². The third-order valence-electron chi connectivity index (χ3n) is 0.825. The number of hydrogen-bond acceptors (Lipinski definition) is 3. The zero-order valence-electron chi connectivity index (χ0n) is 3.72. The standard InChI is InChI=1S/C4H6O2S/c5-4-3(7)1-2-6-4/h5,7H,1-2H2. The van der Waals surface area contributed by atoms with Crippen molar-refractivity contribution in [1.82, 2.24) is 0 Å². The van der Waals surface area contributed by atoms with Crippen LogP contribution >= 0.6 is 12.6 Å². The van der Waals surface area contributed by atoms with Crippen LogP contribution in [0.15, 0.2) is 10.9 Å². The average molecular weight is 118 g/mol. The van der Waals surface area contributed by atoms with Crippen molar-refractivity contribution >= 4 is 12.6 Å². The highest BCUT2D eigenvalue weighted by atomic mass is 32.1. The molecule has 1 rings (SSSR count). The number of aliphatic hydroxyl groups excluding tert-OH is 1. The van der Waals surface area contributed by atoms with Crippen LogP contribution in [-0.2, 0) is 4.74 Å². The summed E-state index contributed by atoms with van der Waals surface area (Å²) in [4.78, 5) is 0.653. The van der Waals surface area contributed by atoms with Gasteiger partial charge >= 0.3 is 0 Å². The van der Waals surface area contributed by atoms with Gasteiger partial charge in [0.15, 0.2) is 0 Å². The highest BCUT2D eigenvalue weighted by Gasteiger charge is 2.09. The maximum absolute atomic E-state index is 8.58. The van der Waals surface area contributed by atoms with Crippen molar-refractivity contribution < 1.29 is 9.84 Å². The smallest absolute Gasteiger partial charge is 0.286 e. The molecule has 40 valence electrons. The van der Waals surface area contributed by atoms with E-state index in [9.17, 15) is 0 Å². The largest absolute Gasteiger partial charge is 0.480 e. The highest BCUT2D eigenvalue weighted by Crippen LogP contribution is 2.18. The van der Waals surface area contributed by atoms with Crippen LogP contribution in [-0.4, -0.2) is 11.7 Å². The number of thiol groups is 1. The Kier molecular flexibility index (Phi) is 1.15. The summed E-state index contributed by atoms with van der Waals surface area (Å²) in [7, 11) is 0. The number of aliphatic hydroxyl groups is 1. The molecule has 0 aromatic rings. The molecule has 0 unspecified atom stereocenters. The van der Waals surface area contributed by atoms with E-state index in [-0.39, 0.29) is 5.95 Å². The maximum atomic E-state index is 8.58. The summed E-state index contributed by atoms with van der Waals surface area (Å²) in [6.07, 6.45) is 0.745. The van der Waals surface area contributed by atoms with Crippen molar-refractivity contribution in [2.24, 2.45) is 0 Å². The summed E-state index contributed by atoms with van der Waals surface area (Å²) < 4.78 is 4.62. The Morgan fingerprint density at radius 3 is 2.57 bits per heavy atom. The Hall–Kier alpha value is -0.310. The summed E-state index contributed by atoms with van der Waals surface area (Å²) in [5, 5.41) is 8.58. The van der Waals surface area contributed by atoms with Crippen molar-refractivity contribution in [3.8, 4) is 0 Å². The van der Waals surface area contributed by atoms with E-state index >= 15 is 0 Å². The van der Waals surface area contributed by atoms with E-state index in [0.717, 1.165) is 6.42 Å². The van der Waals surface area contributed by atoms with E-state index in [1.807, 2.05) is 0 Å². The van der Waals surface area contributed by atoms with Gasteiger partial charge < -0.3 is 9.84 Å². The van der Waals surface area contributed by atoms with Gasteiger partial charge in [-0.25, -0.2) is 0 Å². The van der Waals surface area contributed by atoms with Gasteiger partial charge in [0.25, 0.3) is 5.95 Å². The lowest BCUT2D eigenvalue weighted by Crippen LogP contribution is -1.79. The Morgan fingerprint density at radius 1 is 1.71 bits per heavy atom. The first-order valence-electron chi connectivity index (χ1n) is 2.04. The van der Waals surface area contributed by atoms with E-state index in [1.165, 1.54) is 0 Å². The lowest BCUT2D eigenvalue weighted by molar-refractivity contribution is 0.118. The van der Waals surface area contributed by atoms with Crippen molar-refractivity contribution in [3.05, 3.63) is 10.9 Å². The molecular formula is C4H6O2S. The summed E-state index contributed by atoms with van der Waals surface area (Å²) in [6.45, 7) is 0.574. The molecule has 1 heterocycles. The molecule has 2 nitrogen and oxygen atoms in total. The van der Waals surface area contributed by atoms with Crippen molar-refractivity contribution in [3.63, 3.8) is 0 Å². The van der Waals surface area contributed by atoms with Gasteiger partial charge in [-0.2, -0.15) is 0 Å². The van der Waals surface area contributed by atoms with Crippen LogP contribution in [0.4, 0.5) is 0 Å². The van der Waals surface area contributed by atoms with E-state index < -0.39 is 0 Å². The Bertz CT molecular complexity index is 96.3. The summed E-state index contributed by atoms with van der Waals surface area (Å²) in [5.41, 5.74) is 0. The molecule has 0 atom stereocenters. The molecule has 1 aliphatic heterocycles. The van der Waals surface area contributed by atoms with Gasteiger partial charge in [-0.15, -0.1) is 12.6 Å². The Labute approximate surface area is 47.2 Å². The summed E-state index contributed by atoms with van der Waals surface area (Å²) >= 11 is 3.89. The molecule has 0 spiro atoms. The maximum Gasteiger partial charge on any atom is 0.286 e. The fourth-order valence-corrected chi connectivity index (χ4v) is 0.590. The predicted molar refractivity (Wildman–Crippen MR) is 29.2 cm³/mol. The Morgan fingerprint density at radius 2 is 2.43 bits per heavy atom. The normalized spacial score (nSPS) is 20.1. The molecule has 0 aromatic carbocycles. The second-order valence-corrected chi connectivity index (χ2v) is 1.89. The topological polar surface area (TPSA) is 29.5 Å². The fraction of sp³-hybridized carbons (Fsp3) is 0.500. The minimum Gasteiger partial charge on any atom is -0.480 e. The fourth-order valence-electron chi connectivity index (χ4n) is 0.435. The van der Waals surface area contributed by atoms with E-state index in [1.54, 1.807) is 0 Å². The number of ether oxygens (including phenoxy) is 1. The van der Waals surface area contributed by atoms with Crippen molar-refractivity contribution in [2.75, 3.05) is 6.61 Å². The molecule has 0 fully saturated rings. The van der Waals surface area contributed by atoms with Crippen LogP contribution in [0.2, 0.25) is 0 Å². The van der Waals surface area contributed by atoms with E-state index in [4.69, 9.17) is 5.11 Å². The first-order chi connectivity index (χ1) is 3.30. The quantitative estimate of drug-likeness (QED) is 0.466. The van der Waals surface area contributed by atoms with Crippen molar-refractivity contribution in [1.29, 1.82) is 0 Å². The second kappa shape index (κ2) is 1.66. The molecular weight excluding hydrogens is 112 g/mol. The van der Waals surface area contributed by atoms with Crippen molar-refractivity contribution in [2.45, 2.75) is 6.42 Å². The molecule has 3 heteroatoms. The SMILES string of the molecule is OC1=C(S)CCO1. The lowest BCUT2D eigenvalue weighted by Gasteiger charge is -1.88. The zero-order chi connectivity index (χ0) is 5.28. The monoisotopic (exact) mass is 118 g/mol. The lowest BCUT2D eigenvalue weighted by atomic mass is 10.5. The zero-order valence-corrected chi connectivity index (χ0v) is 4.61. The van der Waals surface area contributed by atoms with Gasteiger partial charge in [-0.05, 0) is 0 Å². The molecule has 1 N–H and O–H groups in total. The van der Waals surface area contributed by atoms with Crippen LogP contribution < -0.4 is 0 Å². The summed E-state index contributed by atoms with van der Waals surface area (Å²) in [5.74, 6) is -0.0108. The van der Waals surface area contributed by atoms with Crippen LogP contribution in [0.25, 0.3) is 0 Å². The van der Waals surface area contributed by atoms with Crippen LogP contribution in [0.5, 0.6) is 0 Å². The van der Waals surface area contributed by atoms with Crippen LogP contribution in [0.3, 0.4) is 0 Å². The Balaban J connectivity index is 2.64.